The molecule has 0 amide bonds. The Kier molecular flexibility index (Phi) is 5.42. The summed E-state index contributed by atoms with van der Waals surface area (Å²) in [5.41, 5.74) is 3.30. The molecule has 0 bridgehead atoms. The van der Waals surface area contributed by atoms with Gasteiger partial charge in [0.15, 0.2) is 0 Å². The summed E-state index contributed by atoms with van der Waals surface area (Å²) < 4.78 is 1.77. The van der Waals surface area contributed by atoms with Gasteiger partial charge in [-0.15, -0.1) is 0 Å². The van der Waals surface area contributed by atoms with Gasteiger partial charge in [0, 0.05) is 56.2 Å². The molecular weight excluding hydrogens is 364 g/mol. The highest BCUT2D eigenvalue weighted by Crippen LogP contribution is 2.29. The summed E-state index contributed by atoms with van der Waals surface area (Å²) in [4.78, 5) is 30.9. The Bertz CT molecular complexity index is 924. The monoisotopic (exact) mass is 396 g/mol. The van der Waals surface area contributed by atoms with Gasteiger partial charge < -0.3 is 9.80 Å². The Morgan fingerprint density at radius 2 is 1.86 bits per heavy atom. The zero-order valence-corrected chi connectivity index (χ0v) is 18.1. The average molecular weight is 397 g/mol. The van der Waals surface area contributed by atoms with Crippen molar-refractivity contribution >= 4 is 5.82 Å². The molecule has 0 aromatic carbocycles. The van der Waals surface area contributed by atoms with Gasteiger partial charge in [0.25, 0.3) is 5.56 Å². The third kappa shape index (κ3) is 4.34. The first-order chi connectivity index (χ1) is 13.8. The van der Waals surface area contributed by atoms with Crippen molar-refractivity contribution in [2.45, 2.75) is 58.5 Å². The van der Waals surface area contributed by atoms with Crippen LogP contribution in [0.4, 0.5) is 5.82 Å². The molecule has 0 saturated carbocycles. The predicted octanol–water partition coefficient (Wildman–Crippen LogP) is 2.24. The summed E-state index contributed by atoms with van der Waals surface area (Å²) in [7, 11) is 2.16. The summed E-state index contributed by atoms with van der Waals surface area (Å²) in [6.07, 6.45) is 6.56. The molecule has 4 heterocycles. The fourth-order valence-corrected chi connectivity index (χ4v) is 4.31. The number of nitrogens with zero attached hydrogens (tertiary/aromatic N) is 6. The Hall–Kier alpha value is -2.28. The first-order valence-electron chi connectivity index (χ1n) is 10.6. The molecule has 0 radical (unpaired) electrons. The van der Waals surface area contributed by atoms with Crippen molar-refractivity contribution in [3.05, 3.63) is 46.0 Å². The minimum absolute atomic E-state index is 0.0558. The lowest BCUT2D eigenvalue weighted by molar-refractivity contribution is 0.307. The van der Waals surface area contributed by atoms with Crippen molar-refractivity contribution < 1.29 is 0 Å². The zero-order valence-electron chi connectivity index (χ0n) is 18.1. The van der Waals surface area contributed by atoms with Crippen molar-refractivity contribution in [1.82, 2.24) is 24.4 Å². The van der Waals surface area contributed by atoms with Gasteiger partial charge in [-0.1, -0.05) is 20.8 Å². The Balaban J connectivity index is 1.42. The van der Waals surface area contributed by atoms with Crippen LogP contribution in [0, 0.1) is 5.92 Å². The minimum Gasteiger partial charge on any atom is -0.356 e. The molecule has 1 fully saturated rings. The van der Waals surface area contributed by atoms with E-state index in [9.17, 15) is 4.79 Å². The lowest BCUT2D eigenvalue weighted by atomic mass is 9.92. The molecule has 0 aliphatic carbocycles. The number of hydrogen-bond acceptors (Lipinski definition) is 6. The van der Waals surface area contributed by atoms with Gasteiger partial charge in [0.05, 0.1) is 17.7 Å². The van der Waals surface area contributed by atoms with E-state index in [1.165, 1.54) is 11.3 Å². The van der Waals surface area contributed by atoms with Gasteiger partial charge in [-0.2, -0.15) is 0 Å². The second kappa shape index (κ2) is 7.86. The van der Waals surface area contributed by atoms with Crippen LogP contribution in [0.3, 0.4) is 0 Å². The van der Waals surface area contributed by atoms with Gasteiger partial charge in [-0.05, 0) is 25.8 Å². The summed E-state index contributed by atoms with van der Waals surface area (Å²) in [5, 5.41) is 0. The molecule has 2 aliphatic rings. The summed E-state index contributed by atoms with van der Waals surface area (Å²) >= 11 is 0. The molecule has 2 aromatic rings. The van der Waals surface area contributed by atoms with Crippen molar-refractivity contribution in [2.24, 2.45) is 5.92 Å². The third-order valence-corrected chi connectivity index (χ3v) is 6.19. The van der Waals surface area contributed by atoms with Gasteiger partial charge in [-0.25, -0.2) is 15.0 Å². The molecule has 2 aliphatic heterocycles. The largest absolute Gasteiger partial charge is 0.356 e. The summed E-state index contributed by atoms with van der Waals surface area (Å²) in [5.74, 6) is 1.60. The topological polar surface area (TPSA) is 67.2 Å². The van der Waals surface area contributed by atoms with Gasteiger partial charge >= 0.3 is 0 Å². The van der Waals surface area contributed by atoms with Crippen LogP contribution < -0.4 is 10.5 Å². The third-order valence-electron chi connectivity index (χ3n) is 6.19. The Morgan fingerprint density at radius 1 is 1.10 bits per heavy atom. The van der Waals surface area contributed by atoms with Crippen LogP contribution in [0.5, 0.6) is 0 Å². The maximum Gasteiger partial charge on any atom is 0.253 e. The van der Waals surface area contributed by atoms with Crippen molar-refractivity contribution in [3.8, 4) is 0 Å². The number of anilines is 1. The van der Waals surface area contributed by atoms with E-state index in [1.54, 1.807) is 23.3 Å². The number of hydrogen-bond donors (Lipinski definition) is 0. The van der Waals surface area contributed by atoms with E-state index in [-0.39, 0.29) is 11.0 Å². The number of likely N-dealkylation sites (N-methyl/N-ethyl adjacent to an activating group) is 1. The molecule has 4 rings (SSSR count). The standard InChI is InChI=1S/C22H32N6O/c1-22(2,3)19-11-20(29)28(15-25-19)12-16-5-9-27(10-6-16)21-17-13-26(4)8-7-18(17)23-14-24-21/h11,14-16H,5-10,12-13H2,1-4H3. The van der Waals surface area contributed by atoms with Crippen LogP contribution >= 0.6 is 0 Å². The van der Waals surface area contributed by atoms with E-state index in [4.69, 9.17) is 0 Å². The van der Waals surface area contributed by atoms with E-state index >= 15 is 0 Å². The minimum atomic E-state index is -0.103. The van der Waals surface area contributed by atoms with Crippen LogP contribution in [-0.4, -0.2) is 51.1 Å². The number of rotatable bonds is 3. The molecule has 0 N–H and O–H groups in total. The number of piperidine rings is 1. The normalized spacial score (nSPS) is 18.7. The molecule has 7 heteroatoms. The fourth-order valence-electron chi connectivity index (χ4n) is 4.31. The second-order valence-electron chi connectivity index (χ2n) is 9.56. The SMILES string of the molecule is CN1CCc2ncnc(N3CCC(Cn4cnc(C(C)(C)C)cc4=O)CC3)c2C1. The quantitative estimate of drug-likeness (QED) is 0.793. The number of aromatic nitrogens is 4. The molecule has 7 nitrogen and oxygen atoms in total. The van der Waals surface area contributed by atoms with Crippen LogP contribution in [-0.2, 0) is 24.9 Å². The van der Waals surface area contributed by atoms with Gasteiger partial charge in [-0.3, -0.25) is 9.36 Å². The summed E-state index contributed by atoms with van der Waals surface area (Å²) in [6, 6.07) is 1.69. The lowest BCUT2D eigenvalue weighted by Gasteiger charge is -2.35. The first-order valence-corrected chi connectivity index (χ1v) is 10.6. The van der Waals surface area contributed by atoms with Crippen molar-refractivity contribution in [2.75, 3.05) is 31.6 Å². The van der Waals surface area contributed by atoms with Crippen LogP contribution in [0.2, 0.25) is 0 Å². The molecule has 156 valence electrons. The molecule has 29 heavy (non-hydrogen) atoms. The molecular formula is C22H32N6O. The van der Waals surface area contributed by atoms with Crippen molar-refractivity contribution in [3.63, 3.8) is 0 Å². The van der Waals surface area contributed by atoms with E-state index in [0.29, 0.717) is 5.92 Å². The zero-order chi connectivity index (χ0) is 20.6. The second-order valence-corrected chi connectivity index (χ2v) is 9.56. The molecule has 1 saturated heterocycles. The predicted molar refractivity (Wildman–Crippen MR) is 114 cm³/mol. The van der Waals surface area contributed by atoms with Crippen LogP contribution in [0.1, 0.15) is 50.6 Å². The van der Waals surface area contributed by atoms with E-state index in [2.05, 4.69) is 52.6 Å². The first kappa shape index (κ1) is 20.0. The lowest BCUT2D eigenvalue weighted by Crippen LogP contribution is -2.39. The van der Waals surface area contributed by atoms with Gasteiger partial charge in [0.1, 0.15) is 12.1 Å². The van der Waals surface area contributed by atoms with Gasteiger partial charge in [0.2, 0.25) is 0 Å². The maximum absolute atomic E-state index is 12.5. The highest BCUT2D eigenvalue weighted by molar-refractivity contribution is 5.49. The molecule has 0 atom stereocenters. The highest BCUT2D eigenvalue weighted by atomic mass is 16.1. The van der Waals surface area contributed by atoms with Crippen LogP contribution in [0.15, 0.2) is 23.5 Å². The number of fused-ring (bicyclic) bond motifs is 1. The average Bonchev–Trinajstić information content (AvgIpc) is 2.69. The molecule has 0 unspecified atom stereocenters. The van der Waals surface area contributed by atoms with Crippen molar-refractivity contribution in [1.29, 1.82) is 0 Å². The summed E-state index contributed by atoms with van der Waals surface area (Å²) in [6.45, 7) is 10.9. The molecule has 2 aromatic heterocycles. The Morgan fingerprint density at radius 3 is 2.55 bits per heavy atom. The fraction of sp³-hybridized carbons (Fsp3) is 0.636. The highest BCUT2D eigenvalue weighted by Gasteiger charge is 2.26. The molecule has 0 spiro atoms. The van der Waals surface area contributed by atoms with Crippen LogP contribution in [0.25, 0.3) is 0 Å². The Labute approximate surface area is 172 Å². The maximum atomic E-state index is 12.5. The van der Waals surface area contributed by atoms with E-state index < -0.39 is 0 Å². The van der Waals surface area contributed by atoms with E-state index in [0.717, 1.165) is 63.5 Å². The smallest absolute Gasteiger partial charge is 0.253 e. The van der Waals surface area contributed by atoms with E-state index in [1.807, 2.05) is 0 Å².